The number of alkyl halides is 2. The van der Waals surface area contributed by atoms with Crippen molar-refractivity contribution in [1.82, 2.24) is 5.32 Å². The summed E-state index contributed by atoms with van der Waals surface area (Å²) in [6.45, 7) is -2.82. The maximum atomic E-state index is 12.1. The van der Waals surface area contributed by atoms with Gasteiger partial charge >= 0.3 is 6.61 Å². The van der Waals surface area contributed by atoms with Crippen LogP contribution in [0.15, 0.2) is 24.3 Å². The lowest BCUT2D eigenvalue weighted by molar-refractivity contribution is -0.123. The molecule has 1 N–H and O–H groups in total. The zero-order chi connectivity index (χ0) is 13.1. The molecule has 0 saturated carbocycles. The molecular weight excluding hydrogens is 246 g/mol. The van der Waals surface area contributed by atoms with Crippen LogP contribution in [0.5, 0.6) is 5.75 Å². The van der Waals surface area contributed by atoms with Crippen LogP contribution in [0, 0.1) is 0 Å². The highest BCUT2D eigenvalue weighted by molar-refractivity contribution is 5.97. The first-order valence-corrected chi connectivity index (χ1v) is 5.27. The zero-order valence-corrected chi connectivity index (χ0v) is 9.60. The molecule has 0 radical (unpaired) electrons. The van der Waals surface area contributed by atoms with Gasteiger partial charge in [0.15, 0.2) is 6.23 Å². The maximum Gasteiger partial charge on any atom is 0.387 e. The minimum Gasteiger partial charge on any atom is -0.435 e. The van der Waals surface area contributed by atoms with Gasteiger partial charge in [-0.15, -0.1) is 0 Å². The second-order valence-corrected chi connectivity index (χ2v) is 3.61. The molecule has 1 aliphatic heterocycles. The quantitative estimate of drug-likeness (QED) is 0.880. The molecule has 5 nitrogen and oxygen atoms in total. The van der Waals surface area contributed by atoms with Gasteiger partial charge in [-0.2, -0.15) is 8.78 Å². The van der Waals surface area contributed by atoms with Gasteiger partial charge in [-0.3, -0.25) is 15.0 Å². The molecule has 7 heteroatoms. The van der Waals surface area contributed by atoms with Crippen molar-refractivity contribution in [3.63, 3.8) is 0 Å². The van der Waals surface area contributed by atoms with Crippen molar-refractivity contribution >= 4 is 11.6 Å². The van der Waals surface area contributed by atoms with Crippen LogP contribution < -0.4 is 15.0 Å². The van der Waals surface area contributed by atoms with Crippen LogP contribution in [0.2, 0.25) is 0 Å². The fraction of sp³-hybridized carbons (Fsp3) is 0.364. The Kier molecular flexibility index (Phi) is 3.73. The summed E-state index contributed by atoms with van der Waals surface area (Å²) < 4.78 is 33.6. The van der Waals surface area contributed by atoms with Crippen molar-refractivity contribution < 1.29 is 23.0 Å². The van der Waals surface area contributed by atoms with E-state index in [0.717, 1.165) is 0 Å². The Hall–Kier alpha value is -1.73. The van der Waals surface area contributed by atoms with Gasteiger partial charge in [0.2, 0.25) is 0 Å². The lowest BCUT2D eigenvalue weighted by atomic mass is 10.2. The molecule has 1 atom stereocenters. The van der Waals surface area contributed by atoms with E-state index in [1.165, 1.54) is 23.1 Å². The Labute approximate surface area is 102 Å². The van der Waals surface area contributed by atoms with Gasteiger partial charge in [0.1, 0.15) is 12.5 Å². The number of likely N-dealkylation sites (N-methyl/N-ethyl adjacent to an activating group) is 1. The predicted molar refractivity (Wildman–Crippen MR) is 59.4 cm³/mol. The van der Waals surface area contributed by atoms with Crippen molar-refractivity contribution in [3.05, 3.63) is 24.3 Å². The molecule has 1 heterocycles. The molecule has 98 valence electrons. The molecule has 1 amide bonds. The normalized spacial score (nSPS) is 19.7. The van der Waals surface area contributed by atoms with Gasteiger partial charge in [0.25, 0.3) is 5.91 Å². The summed E-state index contributed by atoms with van der Waals surface area (Å²) in [5.74, 6) is -0.269. The molecule has 1 aromatic carbocycles. The third-order valence-electron chi connectivity index (χ3n) is 2.48. The number of anilines is 1. The largest absolute Gasteiger partial charge is 0.435 e. The number of halogens is 2. The number of carbonyl (C=O) groups is 1. The monoisotopic (exact) mass is 258 g/mol. The predicted octanol–water partition coefficient (Wildman–Crippen LogP) is 1.15. The number of nitrogens with zero attached hydrogens (tertiary/aromatic N) is 1. The van der Waals surface area contributed by atoms with Crippen molar-refractivity contribution in [2.75, 3.05) is 18.7 Å². The van der Waals surface area contributed by atoms with Crippen LogP contribution in [0.1, 0.15) is 0 Å². The molecule has 1 aromatic rings. The molecule has 18 heavy (non-hydrogen) atoms. The number of nitrogens with one attached hydrogen (secondary N) is 1. The molecule has 1 saturated heterocycles. The second kappa shape index (κ2) is 5.28. The van der Waals surface area contributed by atoms with E-state index in [1.54, 1.807) is 13.1 Å². The Morgan fingerprint density at radius 1 is 1.56 bits per heavy atom. The fourth-order valence-electron chi connectivity index (χ4n) is 1.66. The van der Waals surface area contributed by atoms with Crippen molar-refractivity contribution in [1.29, 1.82) is 0 Å². The summed E-state index contributed by atoms with van der Waals surface area (Å²) in [5.41, 5.74) is 0.455. The number of rotatable bonds is 4. The van der Waals surface area contributed by atoms with E-state index >= 15 is 0 Å². The average molecular weight is 258 g/mol. The summed E-state index contributed by atoms with van der Waals surface area (Å²) in [6, 6.07) is 5.92. The Bertz CT molecular complexity index is 442. The van der Waals surface area contributed by atoms with Gasteiger partial charge in [0.05, 0.1) is 0 Å². The number of amides is 1. The third-order valence-corrected chi connectivity index (χ3v) is 2.48. The molecular formula is C11H12F2N2O3. The van der Waals surface area contributed by atoms with Crippen LogP contribution in [0.4, 0.5) is 14.5 Å². The highest BCUT2D eigenvalue weighted by Crippen LogP contribution is 2.25. The summed E-state index contributed by atoms with van der Waals surface area (Å²) in [5, 5.41) is 2.70. The first-order valence-electron chi connectivity index (χ1n) is 5.27. The fourth-order valence-corrected chi connectivity index (χ4v) is 1.66. The van der Waals surface area contributed by atoms with Gasteiger partial charge in [-0.1, -0.05) is 6.07 Å². The van der Waals surface area contributed by atoms with Crippen LogP contribution in [-0.4, -0.2) is 32.5 Å². The highest BCUT2D eigenvalue weighted by atomic mass is 19.3. The minimum atomic E-state index is -2.89. The number of ether oxygens (including phenoxy) is 2. The van der Waals surface area contributed by atoms with Crippen LogP contribution >= 0.6 is 0 Å². The van der Waals surface area contributed by atoms with E-state index in [0.29, 0.717) is 5.69 Å². The van der Waals surface area contributed by atoms with E-state index in [4.69, 9.17) is 4.74 Å². The standard InChI is InChI=1S/C11H12F2N2O3/c1-14-9-10(16)15(6-17-9)7-3-2-4-8(5-7)18-11(12)13/h2-5,9,11,14H,6H2,1H3. The summed E-state index contributed by atoms with van der Waals surface area (Å²) >= 11 is 0. The van der Waals surface area contributed by atoms with Crippen LogP contribution in [0.3, 0.4) is 0 Å². The molecule has 1 unspecified atom stereocenters. The smallest absolute Gasteiger partial charge is 0.387 e. The molecule has 1 aliphatic rings. The number of hydrogen-bond acceptors (Lipinski definition) is 4. The van der Waals surface area contributed by atoms with Gasteiger partial charge in [0, 0.05) is 11.8 Å². The molecule has 0 spiro atoms. The first-order chi connectivity index (χ1) is 8.61. The van der Waals surface area contributed by atoms with Gasteiger partial charge in [-0.05, 0) is 19.2 Å². The second-order valence-electron chi connectivity index (χ2n) is 3.61. The van der Waals surface area contributed by atoms with E-state index in [2.05, 4.69) is 10.1 Å². The Balaban J connectivity index is 2.16. The van der Waals surface area contributed by atoms with E-state index in [9.17, 15) is 13.6 Å². The summed E-state index contributed by atoms with van der Waals surface area (Å²) in [7, 11) is 1.60. The van der Waals surface area contributed by atoms with Crippen molar-refractivity contribution in [3.8, 4) is 5.75 Å². The van der Waals surface area contributed by atoms with Gasteiger partial charge in [-0.25, -0.2) is 0 Å². The molecule has 2 rings (SSSR count). The third kappa shape index (κ3) is 2.57. The SMILES string of the molecule is CNC1OCN(c2cccc(OC(F)F)c2)C1=O. The lowest BCUT2D eigenvalue weighted by Crippen LogP contribution is -2.36. The Morgan fingerprint density at radius 3 is 2.94 bits per heavy atom. The van der Waals surface area contributed by atoms with E-state index in [-0.39, 0.29) is 18.4 Å². The average Bonchev–Trinajstić information content (AvgIpc) is 2.70. The van der Waals surface area contributed by atoms with Gasteiger partial charge < -0.3 is 9.47 Å². The number of hydrogen-bond donors (Lipinski definition) is 1. The van der Waals surface area contributed by atoms with Crippen molar-refractivity contribution in [2.24, 2.45) is 0 Å². The van der Waals surface area contributed by atoms with Crippen LogP contribution in [-0.2, 0) is 9.53 Å². The van der Waals surface area contributed by atoms with E-state index < -0.39 is 12.8 Å². The summed E-state index contributed by atoms with van der Waals surface area (Å²) in [6.07, 6.45) is -0.704. The summed E-state index contributed by atoms with van der Waals surface area (Å²) in [4.78, 5) is 13.2. The first kappa shape index (κ1) is 12.7. The topological polar surface area (TPSA) is 50.8 Å². The lowest BCUT2D eigenvalue weighted by Gasteiger charge is -2.15. The van der Waals surface area contributed by atoms with Crippen molar-refractivity contribution in [2.45, 2.75) is 12.8 Å². The number of benzene rings is 1. The molecule has 0 aliphatic carbocycles. The number of carbonyl (C=O) groups excluding carboxylic acids is 1. The molecule has 1 fully saturated rings. The maximum absolute atomic E-state index is 12.1. The molecule has 0 bridgehead atoms. The Morgan fingerprint density at radius 2 is 2.33 bits per heavy atom. The highest BCUT2D eigenvalue weighted by Gasteiger charge is 2.32. The van der Waals surface area contributed by atoms with Crippen LogP contribution in [0.25, 0.3) is 0 Å². The molecule has 0 aromatic heterocycles. The van der Waals surface area contributed by atoms with E-state index in [1.807, 2.05) is 0 Å². The minimum absolute atomic E-state index is 0.00297. The zero-order valence-electron chi connectivity index (χ0n) is 9.60.